The van der Waals surface area contributed by atoms with Gasteiger partial charge in [0.05, 0.1) is 0 Å². The van der Waals surface area contributed by atoms with Crippen LogP contribution in [0.15, 0.2) is 24.5 Å². The standard InChI is InChI=1S/C11H10N4O3S/c1-15-8(4-5-13-15)10(18)14-11-12-6-7(19-11)2-3-9(16)17/h2-6H,1H3,(H,16,17)(H,12,14,18). The van der Waals surface area contributed by atoms with Gasteiger partial charge in [-0.3, -0.25) is 14.8 Å². The summed E-state index contributed by atoms with van der Waals surface area (Å²) >= 11 is 1.18. The summed E-state index contributed by atoms with van der Waals surface area (Å²) in [7, 11) is 1.66. The van der Waals surface area contributed by atoms with Crippen LogP contribution in [0.5, 0.6) is 0 Å². The van der Waals surface area contributed by atoms with E-state index in [9.17, 15) is 9.59 Å². The Kier molecular flexibility index (Phi) is 3.71. The van der Waals surface area contributed by atoms with Crippen LogP contribution in [0.25, 0.3) is 6.08 Å². The maximum absolute atomic E-state index is 11.9. The molecule has 2 aromatic rings. The molecule has 0 atom stereocenters. The van der Waals surface area contributed by atoms with Crippen LogP contribution >= 0.6 is 11.3 Å². The summed E-state index contributed by atoms with van der Waals surface area (Å²) in [6, 6.07) is 1.59. The number of anilines is 1. The molecule has 0 saturated heterocycles. The Morgan fingerprint density at radius 2 is 2.32 bits per heavy atom. The molecule has 2 N–H and O–H groups in total. The second-order valence-electron chi connectivity index (χ2n) is 3.53. The van der Waals surface area contributed by atoms with Crippen molar-refractivity contribution in [3.8, 4) is 0 Å². The van der Waals surface area contributed by atoms with Gasteiger partial charge in [-0.2, -0.15) is 5.10 Å². The Morgan fingerprint density at radius 1 is 1.53 bits per heavy atom. The van der Waals surface area contributed by atoms with E-state index in [-0.39, 0.29) is 5.91 Å². The molecule has 0 aliphatic heterocycles. The van der Waals surface area contributed by atoms with Crippen molar-refractivity contribution in [2.75, 3.05) is 5.32 Å². The van der Waals surface area contributed by atoms with E-state index < -0.39 is 5.97 Å². The maximum atomic E-state index is 11.9. The van der Waals surface area contributed by atoms with Gasteiger partial charge in [0.25, 0.3) is 5.91 Å². The third-order valence-electron chi connectivity index (χ3n) is 2.19. The third kappa shape index (κ3) is 3.26. The van der Waals surface area contributed by atoms with Gasteiger partial charge in [-0.15, -0.1) is 0 Å². The van der Waals surface area contributed by atoms with Gasteiger partial charge < -0.3 is 5.11 Å². The number of carboxylic acid groups (broad SMARTS) is 1. The normalized spacial score (nSPS) is 10.8. The Balaban J connectivity index is 2.06. The van der Waals surface area contributed by atoms with Crippen LogP contribution in [0.4, 0.5) is 5.13 Å². The van der Waals surface area contributed by atoms with Gasteiger partial charge >= 0.3 is 5.97 Å². The van der Waals surface area contributed by atoms with E-state index in [1.54, 1.807) is 13.1 Å². The Bertz CT molecular complexity index is 644. The number of hydrogen-bond acceptors (Lipinski definition) is 5. The van der Waals surface area contributed by atoms with E-state index in [2.05, 4.69) is 15.4 Å². The summed E-state index contributed by atoms with van der Waals surface area (Å²) in [5, 5.41) is 15.4. The zero-order valence-electron chi connectivity index (χ0n) is 9.90. The maximum Gasteiger partial charge on any atom is 0.328 e. The lowest BCUT2D eigenvalue weighted by Crippen LogP contribution is -2.15. The molecule has 2 heterocycles. The number of thiazole rings is 1. The molecule has 0 aromatic carbocycles. The number of nitrogens with one attached hydrogen (secondary N) is 1. The summed E-state index contributed by atoms with van der Waals surface area (Å²) < 4.78 is 1.45. The summed E-state index contributed by atoms with van der Waals surface area (Å²) in [6.07, 6.45) is 5.45. The van der Waals surface area contributed by atoms with Crippen molar-refractivity contribution in [3.63, 3.8) is 0 Å². The van der Waals surface area contributed by atoms with E-state index in [4.69, 9.17) is 5.11 Å². The summed E-state index contributed by atoms with van der Waals surface area (Å²) in [4.78, 5) is 26.8. The average molecular weight is 278 g/mol. The molecule has 2 rings (SSSR count). The van der Waals surface area contributed by atoms with Crippen molar-refractivity contribution in [1.82, 2.24) is 14.8 Å². The van der Waals surface area contributed by atoms with Crippen molar-refractivity contribution in [1.29, 1.82) is 0 Å². The number of aromatic nitrogens is 3. The fourth-order valence-corrected chi connectivity index (χ4v) is 2.05. The molecular weight excluding hydrogens is 268 g/mol. The molecule has 98 valence electrons. The molecule has 0 unspecified atom stereocenters. The number of nitrogens with zero attached hydrogens (tertiary/aromatic N) is 3. The molecule has 0 bridgehead atoms. The van der Waals surface area contributed by atoms with Crippen LogP contribution in [0.3, 0.4) is 0 Å². The lowest BCUT2D eigenvalue weighted by Gasteiger charge is -2.00. The average Bonchev–Trinajstić information content (AvgIpc) is 2.95. The predicted molar refractivity (Wildman–Crippen MR) is 69.9 cm³/mol. The first kappa shape index (κ1) is 13.0. The highest BCUT2D eigenvalue weighted by atomic mass is 32.1. The highest BCUT2D eigenvalue weighted by molar-refractivity contribution is 7.16. The quantitative estimate of drug-likeness (QED) is 0.820. The monoisotopic (exact) mass is 278 g/mol. The number of amides is 1. The fraction of sp³-hybridized carbons (Fsp3) is 0.0909. The highest BCUT2D eigenvalue weighted by Gasteiger charge is 2.11. The number of rotatable bonds is 4. The first-order valence-corrected chi connectivity index (χ1v) is 6.04. The predicted octanol–water partition coefficient (Wildman–Crippen LogP) is 1.23. The largest absolute Gasteiger partial charge is 0.478 e. The minimum absolute atomic E-state index is 0.317. The van der Waals surface area contributed by atoms with Gasteiger partial charge in [0.2, 0.25) is 0 Å². The van der Waals surface area contributed by atoms with Gasteiger partial charge in [0, 0.05) is 30.4 Å². The van der Waals surface area contributed by atoms with Gasteiger partial charge in [0.15, 0.2) is 5.13 Å². The first-order chi connectivity index (χ1) is 9.06. The second-order valence-corrected chi connectivity index (χ2v) is 4.60. The van der Waals surface area contributed by atoms with Crippen molar-refractivity contribution in [2.45, 2.75) is 0 Å². The molecule has 2 aromatic heterocycles. The van der Waals surface area contributed by atoms with E-state index >= 15 is 0 Å². The molecule has 19 heavy (non-hydrogen) atoms. The zero-order chi connectivity index (χ0) is 13.8. The minimum Gasteiger partial charge on any atom is -0.478 e. The van der Waals surface area contributed by atoms with Gasteiger partial charge in [-0.05, 0) is 12.1 Å². The van der Waals surface area contributed by atoms with Gasteiger partial charge in [-0.1, -0.05) is 11.3 Å². The highest BCUT2D eigenvalue weighted by Crippen LogP contribution is 2.19. The van der Waals surface area contributed by atoms with Crippen LogP contribution in [0.1, 0.15) is 15.4 Å². The van der Waals surface area contributed by atoms with Crippen molar-refractivity contribution in [3.05, 3.63) is 35.1 Å². The van der Waals surface area contributed by atoms with Crippen LogP contribution in [-0.2, 0) is 11.8 Å². The lowest BCUT2D eigenvalue weighted by molar-refractivity contribution is -0.131. The van der Waals surface area contributed by atoms with E-state index in [1.807, 2.05) is 0 Å². The van der Waals surface area contributed by atoms with Crippen LogP contribution < -0.4 is 5.32 Å². The van der Waals surface area contributed by atoms with Crippen LogP contribution in [0, 0.1) is 0 Å². The summed E-state index contributed by atoms with van der Waals surface area (Å²) in [5.74, 6) is -1.35. The van der Waals surface area contributed by atoms with E-state index in [1.165, 1.54) is 34.5 Å². The van der Waals surface area contributed by atoms with Crippen LogP contribution in [0.2, 0.25) is 0 Å². The second kappa shape index (κ2) is 5.44. The minimum atomic E-state index is -1.03. The molecule has 1 amide bonds. The number of carbonyl (C=O) groups is 2. The number of carboxylic acids is 1. The Hall–Kier alpha value is -2.48. The van der Waals surface area contributed by atoms with Gasteiger partial charge in [-0.25, -0.2) is 9.78 Å². The molecule has 8 heteroatoms. The van der Waals surface area contributed by atoms with Gasteiger partial charge in [0.1, 0.15) is 5.69 Å². The molecule has 0 aliphatic rings. The molecule has 0 aliphatic carbocycles. The Morgan fingerprint density at radius 3 is 2.95 bits per heavy atom. The zero-order valence-corrected chi connectivity index (χ0v) is 10.7. The van der Waals surface area contributed by atoms with Crippen molar-refractivity contribution < 1.29 is 14.7 Å². The Labute approximate surface area is 112 Å². The fourth-order valence-electron chi connectivity index (χ4n) is 1.33. The van der Waals surface area contributed by atoms with E-state index in [0.717, 1.165) is 6.08 Å². The molecule has 0 spiro atoms. The number of carbonyl (C=O) groups excluding carboxylic acids is 1. The third-order valence-corrected chi connectivity index (χ3v) is 3.07. The van der Waals surface area contributed by atoms with Crippen molar-refractivity contribution >= 4 is 34.4 Å². The molecule has 0 fully saturated rings. The smallest absolute Gasteiger partial charge is 0.328 e. The summed E-state index contributed by atoms with van der Waals surface area (Å²) in [6.45, 7) is 0. The molecule has 7 nitrogen and oxygen atoms in total. The topological polar surface area (TPSA) is 97.1 Å². The first-order valence-electron chi connectivity index (χ1n) is 5.22. The van der Waals surface area contributed by atoms with Crippen LogP contribution in [-0.4, -0.2) is 31.7 Å². The van der Waals surface area contributed by atoms with Crippen molar-refractivity contribution in [2.24, 2.45) is 7.05 Å². The van der Waals surface area contributed by atoms with E-state index in [0.29, 0.717) is 15.7 Å². The lowest BCUT2D eigenvalue weighted by atomic mass is 10.4. The molecule has 0 radical (unpaired) electrons. The summed E-state index contributed by atoms with van der Waals surface area (Å²) in [5.41, 5.74) is 0.415. The number of aryl methyl sites for hydroxylation is 1. The SMILES string of the molecule is Cn1nccc1C(=O)Nc1ncc(C=CC(=O)O)s1. The number of aliphatic carboxylic acids is 1. The molecular formula is C11H10N4O3S. The number of hydrogen-bond donors (Lipinski definition) is 2. The molecule has 0 saturated carbocycles.